The molecule has 0 aliphatic carbocycles. The Labute approximate surface area is 147 Å². The molecule has 2 aromatic carbocycles. The van der Waals surface area contributed by atoms with Gasteiger partial charge in [0.05, 0.1) is 4.92 Å². The van der Waals surface area contributed by atoms with Crippen molar-refractivity contribution in [3.8, 4) is 5.75 Å². The second-order valence-corrected chi connectivity index (χ2v) is 5.67. The van der Waals surface area contributed by atoms with Gasteiger partial charge in [0.25, 0.3) is 5.69 Å². The van der Waals surface area contributed by atoms with Crippen LogP contribution < -0.4 is 4.72 Å². The molecule has 128 valence electrons. The van der Waals surface area contributed by atoms with Crippen LogP contribution >= 0.6 is 11.9 Å². The van der Waals surface area contributed by atoms with Gasteiger partial charge in [-0.25, -0.2) is 4.79 Å². The number of nitro benzene ring substituents is 1. The van der Waals surface area contributed by atoms with E-state index in [1.54, 1.807) is 0 Å². The largest absolute Gasteiger partial charge is 0.506 e. The van der Waals surface area contributed by atoms with Gasteiger partial charge in [0.1, 0.15) is 11.3 Å². The standard InChI is InChI=1S/C17H14N2O5S/c1-3-12-13(4-2)16(20)14(17(21)22)9-15(12)25-18-10-5-7-11(8-6-10)19(23)24/h3-9,18,20H,1-2H2,(H,21,22). The van der Waals surface area contributed by atoms with Gasteiger partial charge < -0.3 is 14.9 Å². The quantitative estimate of drug-likeness (QED) is 0.382. The molecule has 3 N–H and O–H groups in total. The van der Waals surface area contributed by atoms with Gasteiger partial charge in [-0.1, -0.05) is 25.3 Å². The number of aromatic hydroxyl groups is 1. The predicted molar refractivity (Wildman–Crippen MR) is 97.8 cm³/mol. The lowest BCUT2D eigenvalue weighted by Crippen LogP contribution is -2.01. The Bertz CT molecular complexity index is 862. The third kappa shape index (κ3) is 3.81. The summed E-state index contributed by atoms with van der Waals surface area (Å²) in [4.78, 5) is 22.0. The third-order valence-electron chi connectivity index (χ3n) is 3.34. The van der Waals surface area contributed by atoms with Crippen molar-refractivity contribution in [2.24, 2.45) is 0 Å². The van der Waals surface area contributed by atoms with E-state index in [1.165, 1.54) is 42.5 Å². The number of rotatable bonds is 7. The van der Waals surface area contributed by atoms with Crippen LogP contribution in [0, 0.1) is 10.1 Å². The maximum Gasteiger partial charge on any atom is 0.339 e. The lowest BCUT2D eigenvalue weighted by molar-refractivity contribution is -0.384. The Kier molecular flexibility index (Phi) is 5.45. The maximum absolute atomic E-state index is 11.3. The van der Waals surface area contributed by atoms with Gasteiger partial charge in [-0.2, -0.15) is 0 Å². The summed E-state index contributed by atoms with van der Waals surface area (Å²) in [7, 11) is 0. The molecule has 0 unspecified atom stereocenters. The van der Waals surface area contributed by atoms with Crippen molar-refractivity contribution in [1.29, 1.82) is 0 Å². The van der Waals surface area contributed by atoms with Crippen molar-refractivity contribution >= 4 is 41.4 Å². The maximum atomic E-state index is 11.3. The number of non-ortho nitro benzene ring substituents is 1. The van der Waals surface area contributed by atoms with Crippen LogP contribution in [0.15, 0.2) is 48.4 Å². The monoisotopic (exact) mass is 358 g/mol. The number of carboxylic acid groups (broad SMARTS) is 1. The number of aromatic carboxylic acids is 1. The Morgan fingerprint density at radius 3 is 2.28 bits per heavy atom. The van der Waals surface area contributed by atoms with E-state index in [2.05, 4.69) is 17.9 Å². The van der Waals surface area contributed by atoms with E-state index in [9.17, 15) is 25.1 Å². The fourth-order valence-electron chi connectivity index (χ4n) is 2.11. The molecule has 0 atom stereocenters. The van der Waals surface area contributed by atoms with E-state index in [0.29, 0.717) is 16.1 Å². The van der Waals surface area contributed by atoms with Crippen molar-refractivity contribution in [1.82, 2.24) is 0 Å². The second kappa shape index (κ2) is 7.54. The van der Waals surface area contributed by atoms with Gasteiger partial charge in [0, 0.05) is 33.8 Å². The number of hydrogen-bond donors (Lipinski definition) is 3. The molecule has 0 aliphatic heterocycles. The van der Waals surface area contributed by atoms with Crippen molar-refractivity contribution in [2.75, 3.05) is 4.72 Å². The molecule has 0 bridgehead atoms. The first-order valence-electron chi connectivity index (χ1n) is 6.94. The highest BCUT2D eigenvalue weighted by Gasteiger charge is 2.19. The van der Waals surface area contributed by atoms with Crippen LogP contribution in [0.4, 0.5) is 11.4 Å². The molecule has 0 radical (unpaired) electrons. The zero-order chi connectivity index (χ0) is 18.6. The van der Waals surface area contributed by atoms with Crippen LogP contribution in [-0.2, 0) is 0 Å². The topological polar surface area (TPSA) is 113 Å². The van der Waals surface area contributed by atoms with Crippen LogP contribution in [-0.4, -0.2) is 21.1 Å². The number of nitro groups is 1. The summed E-state index contributed by atoms with van der Waals surface area (Å²) in [6, 6.07) is 7.10. The average molecular weight is 358 g/mol. The van der Waals surface area contributed by atoms with Crippen molar-refractivity contribution in [3.63, 3.8) is 0 Å². The Balaban J connectivity index is 2.36. The van der Waals surface area contributed by atoms with Gasteiger partial charge in [-0.15, -0.1) is 0 Å². The molecule has 0 aromatic heterocycles. The Morgan fingerprint density at radius 1 is 1.20 bits per heavy atom. The molecular weight excluding hydrogens is 344 g/mol. The number of phenols is 1. The molecule has 0 fully saturated rings. The number of nitrogens with zero attached hydrogens (tertiary/aromatic N) is 1. The summed E-state index contributed by atoms with van der Waals surface area (Å²) in [6.45, 7) is 7.27. The van der Waals surface area contributed by atoms with Gasteiger partial charge in [0.15, 0.2) is 0 Å². The molecule has 0 saturated heterocycles. The summed E-state index contributed by atoms with van der Waals surface area (Å²) < 4.78 is 2.98. The van der Waals surface area contributed by atoms with Gasteiger partial charge in [-0.3, -0.25) is 10.1 Å². The molecule has 7 nitrogen and oxygen atoms in total. The van der Waals surface area contributed by atoms with Gasteiger partial charge in [0.2, 0.25) is 0 Å². The van der Waals surface area contributed by atoms with Crippen LogP contribution in [0.3, 0.4) is 0 Å². The number of anilines is 1. The van der Waals surface area contributed by atoms with Crippen LogP contribution in [0.2, 0.25) is 0 Å². The highest BCUT2D eigenvalue weighted by Crippen LogP contribution is 2.36. The molecule has 8 heteroatoms. The minimum absolute atomic E-state index is 0.0333. The fraction of sp³-hybridized carbons (Fsp3) is 0. The first-order valence-corrected chi connectivity index (χ1v) is 7.76. The molecular formula is C17H14N2O5S. The summed E-state index contributed by atoms with van der Waals surface area (Å²) in [5.74, 6) is -1.65. The van der Waals surface area contributed by atoms with E-state index in [-0.39, 0.29) is 22.6 Å². The smallest absolute Gasteiger partial charge is 0.339 e. The van der Waals surface area contributed by atoms with Gasteiger partial charge >= 0.3 is 5.97 Å². The molecule has 0 spiro atoms. The molecule has 0 aliphatic rings. The number of benzene rings is 2. The van der Waals surface area contributed by atoms with E-state index in [4.69, 9.17) is 0 Å². The molecule has 2 aromatic rings. The summed E-state index contributed by atoms with van der Waals surface area (Å²) >= 11 is 1.10. The fourth-order valence-corrected chi connectivity index (χ4v) is 2.96. The lowest BCUT2D eigenvalue weighted by Gasteiger charge is -2.14. The number of carbonyl (C=O) groups is 1. The number of hydrogen-bond acceptors (Lipinski definition) is 6. The summed E-state index contributed by atoms with van der Waals surface area (Å²) in [5, 5.41) is 30.0. The Morgan fingerprint density at radius 2 is 1.80 bits per heavy atom. The zero-order valence-corrected chi connectivity index (χ0v) is 13.7. The predicted octanol–water partition coefficient (Wildman–Crippen LogP) is 4.40. The highest BCUT2D eigenvalue weighted by atomic mass is 32.2. The summed E-state index contributed by atoms with van der Waals surface area (Å²) in [6.07, 6.45) is 2.84. The first kappa shape index (κ1) is 18.1. The third-order valence-corrected chi connectivity index (χ3v) is 4.23. The minimum Gasteiger partial charge on any atom is -0.506 e. The molecule has 2 rings (SSSR count). The second-order valence-electron chi connectivity index (χ2n) is 4.82. The normalized spacial score (nSPS) is 10.1. The van der Waals surface area contributed by atoms with Crippen LogP contribution in [0.1, 0.15) is 21.5 Å². The highest BCUT2D eigenvalue weighted by molar-refractivity contribution is 8.00. The van der Waals surface area contributed by atoms with Crippen LogP contribution in [0.5, 0.6) is 5.75 Å². The first-order chi connectivity index (χ1) is 11.9. The van der Waals surface area contributed by atoms with Crippen molar-refractivity contribution in [3.05, 3.63) is 70.3 Å². The van der Waals surface area contributed by atoms with E-state index in [1.807, 2.05) is 0 Å². The molecule has 0 amide bonds. The molecule has 0 saturated carbocycles. The SMILES string of the molecule is C=Cc1c(SNc2ccc([N+](=O)[O-])cc2)cc(C(=O)O)c(O)c1C=C. The lowest BCUT2D eigenvalue weighted by atomic mass is 10.0. The van der Waals surface area contributed by atoms with E-state index in [0.717, 1.165) is 11.9 Å². The molecule has 25 heavy (non-hydrogen) atoms. The van der Waals surface area contributed by atoms with E-state index >= 15 is 0 Å². The van der Waals surface area contributed by atoms with Crippen molar-refractivity contribution < 1.29 is 19.9 Å². The number of carboxylic acids is 1. The summed E-state index contributed by atoms with van der Waals surface area (Å²) in [5.41, 5.74) is 1.10. The molecule has 0 heterocycles. The zero-order valence-electron chi connectivity index (χ0n) is 12.9. The van der Waals surface area contributed by atoms with Gasteiger partial charge in [-0.05, 0) is 30.1 Å². The van der Waals surface area contributed by atoms with Crippen molar-refractivity contribution in [2.45, 2.75) is 4.90 Å². The van der Waals surface area contributed by atoms with E-state index < -0.39 is 10.9 Å². The van der Waals surface area contributed by atoms with Crippen LogP contribution in [0.25, 0.3) is 12.2 Å². The minimum atomic E-state index is -1.27. The Hall–Kier alpha value is -3.26. The average Bonchev–Trinajstić information content (AvgIpc) is 2.59. The number of nitrogens with one attached hydrogen (secondary N) is 1.